The van der Waals surface area contributed by atoms with Crippen molar-refractivity contribution in [3.8, 4) is 5.82 Å². The van der Waals surface area contributed by atoms with E-state index in [1.807, 2.05) is 24.4 Å². The number of nitrogens with one attached hydrogen (secondary N) is 3. The summed E-state index contributed by atoms with van der Waals surface area (Å²) in [6, 6.07) is 5.62. The van der Waals surface area contributed by atoms with Gasteiger partial charge in [-0.1, -0.05) is 25.3 Å². The van der Waals surface area contributed by atoms with Crippen molar-refractivity contribution < 1.29 is 9.59 Å². The van der Waals surface area contributed by atoms with Crippen LogP contribution in [-0.4, -0.2) is 39.3 Å². The van der Waals surface area contributed by atoms with Crippen molar-refractivity contribution in [3.63, 3.8) is 0 Å². The molecule has 8 heteroatoms. The van der Waals surface area contributed by atoms with Crippen LogP contribution in [0.4, 0.5) is 4.79 Å². The zero-order valence-corrected chi connectivity index (χ0v) is 15.4. The molecule has 1 aliphatic carbocycles. The number of carbonyl (C=O) groups is 2. The van der Waals surface area contributed by atoms with Crippen molar-refractivity contribution in [1.82, 2.24) is 30.7 Å². The third-order valence-corrected chi connectivity index (χ3v) is 4.64. The van der Waals surface area contributed by atoms with Crippen molar-refractivity contribution >= 4 is 11.9 Å². The Morgan fingerprint density at radius 3 is 2.74 bits per heavy atom. The Morgan fingerprint density at radius 2 is 1.96 bits per heavy atom. The molecule has 3 amide bonds. The third-order valence-electron chi connectivity index (χ3n) is 4.64. The lowest BCUT2D eigenvalue weighted by molar-refractivity contribution is -0.121. The Balaban J connectivity index is 1.38. The monoisotopic (exact) mass is 370 g/mol. The summed E-state index contributed by atoms with van der Waals surface area (Å²) in [6.45, 7) is 0.666. The maximum atomic E-state index is 12.1. The molecule has 144 valence electrons. The molecule has 0 aliphatic heterocycles. The van der Waals surface area contributed by atoms with Gasteiger partial charge in [-0.3, -0.25) is 4.79 Å². The molecule has 3 rings (SSSR count). The van der Waals surface area contributed by atoms with Crippen LogP contribution in [0.1, 0.15) is 44.1 Å². The van der Waals surface area contributed by atoms with E-state index in [1.165, 1.54) is 19.3 Å². The van der Waals surface area contributed by atoms with E-state index in [9.17, 15) is 9.59 Å². The Hall–Kier alpha value is -2.90. The Labute approximate surface area is 158 Å². The number of urea groups is 1. The van der Waals surface area contributed by atoms with Crippen molar-refractivity contribution in [2.75, 3.05) is 6.54 Å². The lowest BCUT2D eigenvalue weighted by Crippen LogP contribution is -2.43. The minimum Gasteiger partial charge on any atom is -0.352 e. The van der Waals surface area contributed by atoms with Crippen molar-refractivity contribution in [2.24, 2.45) is 0 Å². The molecule has 2 heterocycles. The van der Waals surface area contributed by atoms with Gasteiger partial charge in [0.2, 0.25) is 5.91 Å². The standard InChI is InChI=1S/C19H26N6O2/c26-17(9-12-21-19(27)24-16-7-2-1-3-8-16)22-14-15-6-4-10-20-18(15)25-13-5-11-23-25/h4-6,10-11,13,16H,1-3,7-9,12,14H2,(H,22,26)(H2,21,24,27). The van der Waals surface area contributed by atoms with Crippen LogP contribution in [0.3, 0.4) is 0 Å². The Kier molecular flexibility index (Phi) is 6.78. The lowest BCUT2D eigenvalue weighted by Gasteiger charge is -2.22. The fraction of sp³-hybridized carbons (Fsp3) is 0.474. The molecular formula is C19H26N6O2. The second-order valence-electron chi connectivity index (χ2n) is 6.70. The molecule has 3 N–H and O–H groups in total. The van der Waals surface area contributed by atoms with Gasteiger partial charge in [0, 0.05) is 49.7 Å². The van der Waals surface area contributed by atoms with E-state index in [0.717, 1.165) is 18.4 Å². The normalized spacial score (nSPS) is 14.5. The fourth-order valence-corrected chi connectivity index (χ4v) is 3.22. The molecule has 2 aromatic heterocycles. The van der Waals surface area contributed by atoms with Crippen molar-refractivity contribution in [2.45, 2.75) is 51.1 Å². The van der Waals surface area contributed by atoms with Crippen LogP contribution in [0.25, 0.3) is 5.82 Å². The average Bonchev–Trinajstić information content (AvgIpc) is 3.22. The summed E-state index contributed by atoms with van der Waals surface area (Å²) < 4.78 is 1.67. The lowest BCUT2D eigenvalue weighted by atomic mass is 9.96. The number of pyridine rings is 1. The van der Waals surface area contributed by atoms with E-state index in [-0.39, 0.29) is 24.4 Å². The number of aromatic nitrogens is 3. The second-order valence-corrected chi connectivity index (χ2v) is 6.70. The van der Waals surface area contributed by atoms with Gasteiger partial charge in [-0.05, 0) is 25.0 Å². The van der Waals surface area contributed by atoms with Gasteiger partial charge < -0.3 is 16.0 Å². The summed E-state index contributed by atoms with van der Waals surface area (Å²) in [6.07, 6.45) is 11.1. The number of amides is 3. The number of hydrogen-bond donors (Lipinski definition) is 3. The van der Waals surface area contributed by atoms with E-state index >= 15 is 0 Å². The molecule has 0 bridgehead atoms. The van der Waals surface area contributed by atoms with Crippen LogP contribution >= 0.6 is 0 Å². The molecule has 0 atom stereocenters. The van der Waals surface area contributed by atoms with Gasteiger partial charge in [0.15, 0.2) is 5.82 Å². The maximum absolute atomic E-state index is 12.1. The van der Waals surface area contributed by atoms with E-state index in [4.69, 9.17) is 0 Å². The zero-order chi connectivity index (χ0) is 18.9. The van der Waals surface area contributed by atoms with Crippen LogP contribution in [0.2, 0.25) is 0 Å². The van der Waals surface area contributed by atoms with Crippen molar-refractivity contribution in [1.29, 1.82) is 0 Å². The SMILES string of the molecule is O=C(CCNC(=O)NC1CCCCC1)NCc1cccnc1-n1cccn1. The van der Waals surface area contributed by atoms with E-state index in [0.29, 0.717) is 18.9 Å². The van der Waals surface area contributed by atoms with Gasteiger partial charge in [0.1, 0.15) is 0 Å². The minimum atomic E-state index is -0.192. The number of rotatable bonds is 7. The van der Waals surface area contributed by atoms with Gasteiger partial charge in [-0.25, -0.2) is 14.5 Å². The van der Waals surface area contributed by atoms with Crippen LogP contribution in [0, 0.1) is 0 Å². The molecule has 8 nitrogen and oxygen atoms in total. The second kappa shape index (κ2) is 9.70. The molecule has 0 aromatic carbocycles. The molecule has 1 saturated carbocycles. The number of hydrogen-bond acceptors (Lipinski definition) is 4. The van der Waals surface area contributed by atoms with Gasteiger partial charge in [0.25, 0.3) is 0 Å². The third kappa shape index (κ3) is 5.80. The molecule has 0 unspecified atom stereocenters. The molecule has 0 radical (unpaired) electrons. The highest BCUT2D eigenvalue weighted by Crippen LogP contribution is 2.17. The van der Waals surface area contributed by atoms with Crippen LogP contribution in [-0.2, 0) is 11.3 Å². The quantitative estimate of drug-likeness (QED) is 0.693. The predicted molar refractivity (Wildman–Crippen MR) is 101 cm³/mol. The molecule has 2 aromatic rings. The first-order valence-corrected chi connectivity index (χ1v) is 9.47. The summed E-state index contributed by atoms with van der Waals surface area (Å²) in [5, 5.41) is 12.8. The van der Waals surface area contributed by atoms with E-state index in [2.05, 4.69) is 26.0 Å². The molecule has 0 saturated heterocycles. The topological polar surface area (TPSA) is 101 Å². The van der Waals surface area contributed by atoms with Crippen LogP contribution in [0.5, 0.6) is 0 Å². The van der Waals surface area contributed by atoms with Crippen LogP contribution in [0.15, 0.2) is 36.8 Å². The molecule has 1 fully saturated rings. The first-order valence-electron chi connectivity index (χ1n) is 9.47. The van der Waals surface area contributed by atoms with Gasteiger partial charge in [-0.15, -0.1) is 0 Å². The van der Waals surface area contributed by atoms with Gasteiger partial charge >= 0.3 is 6.03 Å². The van der Waals surface area contributed by atoms with E-state index < -0.39 is 0 Å². The minimum absolute atomic E-state index is 0.122. The summed E-state index contributed by atoms with van der Waals surface area (Å²) in [4.78, 5) is 28.3. The molecule has 0 spiro atoms. The average molecular weight is 370 g/mol. The number of nitrogens with zero attached hydrogens (tertiary/aromatic N) is 3. The summed E-state index contributed by atoms with van der Waals surface area (Å²) >= 11 is 0. The highest BCUT2D eigenvalue weighted by atomic mass is 16.2. The van der Waals surface area contributed by atoms with Crippen LogP contribution < -0.4 is 16.0 Å². The largest absolute Gasteiger partial charge is 0.352 e. The van der Waals surface area contributed by atoms with Gasteiger partial charge in [0.05, 0.1) is 0 Å². The first-order chi connectivity index (χ1) is 13.2. The molecular weight excluding hydrogens is 344 g/mol. The van der Waals surface area contributed by atoms with Gasteiger partial charge in [-0.2, -0.15) is 5.10 Å². The summed E-state index contributed by atoms with van der Waals surface area (Å²) in [5.41, 5.74) is 0.873. The first kappa shape index (κ1) is 18.9. The molecule has 1 aliphatic rings. The fourth-order valence-electron chi connectivity index (χ4n) is 3.22. The summed E-state index contributed by atoms with van der Waals surface area (Å²) in [5.74, 6) is 0.566. The predicted octanol–water partition coefficient (Wildman–Crippen LogP) is 1.91. The van der Waals surface area contributed by atoms with E-state index in [1.54, 1.807) is 17.1 Å². The smallest absolute Gasteiger partial charge is 0.315 e. The Morgan fingerprint density at radius 1 is 1.11 bits per heavy atom. The van der Waals surface area contributed by atoms with Crippen molar-refractivity contribution in [3.05, 3.63) is 42.4 Å². The summed E-state index contributed by atoms with van der Waals surface area (Å²) in [7, 11) is 0. The molecule has 27 heavy (non-hydrogen) atoms. The zero-order valence-electron chi connectivity index (χ0n) is 15.4. The Bertz CT molecular complexity index is 740. The highest BCUT2D eigenvalue weighted by molar-refractivity contribution is 5.78. The maximum Gasteiger partial charge on any atom is 0.315 e. The number of carbonyl (C=O) groups excluding carboxylic acids is 2. The highest BCUT2D eigenvalue weighted by Gasteiger charge is 2.15.